The third-order valence-electron chi connectivity index (χ3n) is 2.45. The van der Waals surface area contributed by atoms with E-state index in [4.69, 9.17) is 0 Å². The third kappa shape index (κ3) is 3.86. The number of carbonyl (C=O) groups excluding carboxylic acids is 2. The normalized spacial score (nSPS) is 9.76. The lowest BCUT2D eigenvalue weighted by atomic mass is 10.2. The Morgan fingerprint density at radius 3 is 2.35 bits per heavy atom. The Kier molecular flexibility index (Phi) is 5.13. The molecule has 0 spiro atoms. The van der Waals surface area contributed by atoms with Gasteiger partial charge in [0, 0.05) is 32.0 Å². The fourth-order valence-corrected chi connectivity index (χ4v) is 1.41. The smallest absolute Gasteiger partial charge is 0.311 e. The number of aromatic nitrogens is 1. The van der Waals surface area contributed by atoms with Crippen molar-refractivity contribution in [3.05, 3.63) is 30.1 Å². The molecule has 0 aliphatic heterocycles. The van der Waals surface area contributed by atoms with Crippen LogP contribution in [-0.4, -0.2) is 34.8 Å². The summed E-state index contributed by atoms with van der Waals surface area (Å²) in [5, 5.41) is 2.59. The highest BCUT2D eigenvalue weighted by Crippen LogP contribution is 1.95. The van der Waals surface area contributed by atoms with Crippen molar-refractivity contribution in [1.29, 1.82) is 0 Å². The van der Waals surface area contributed by atoms with Gasteiger partial charge in [0.1, 0.15) is 0 Å². The van der Waals surface area contributed by atoms with Gasteiger partial charge < -0.3 is 10.2 Å². The minimum atomic E-state index is -0.564. The lowest BCUT2D eigenvalue weighted by Crippen LogP contribution is -2.42. The number of rotatable bonds is 4. The van der Waals surface area contributed by atoms with Crippen LogP contribution in [0.15, 0.2) is 24.5 Å². The molecule has 5 nitrogen and oxygen atoms in total. The van der Waals surface area contributed by atoms with Gasteiger partial charge in [-0.3, -0.25) is 14.6 Å². The summed E-state index contributed by atoms with van der Waals surface area (Å²) in [5.74, 6) is -1.05. The Bertz CT molecular complexity index is 375. The van der Waals surface area contributed by atoms with E-state index < -0.39 is 11.8 Å². The summed E-state index contributed by atoms with van der Waals surface area (Å²) in [4.78, 5) is 28.5. The molecule has 0 atom stereocenters. The summed E-state index contributed by atoms with van der Waals surface area (Å²) in [6.07, 6.45) is 3.29. The molecule has 1 rings (SSSR count). The molecule has 0 aliphatic rings. The zero-order valence-electron chi connectivity index (χ0n) is 10.1. The Labute approximate surface area is 101 Å². The van der Waals surface area contributed by atoms with Crippen LogP contribution in [0.5, 0.6) is 0 Å². The van der Waals surface area contributed by atoms with Crippen molar-refractivity contribution in [2.24, 2.45) is 0 Å². The highest BCUT2D eigenvalue weighted by Gasteiger charge is 2.18. The summed E-state index contributed by atoms with van der Waals surface area (Å²) in [7, 11) is 0. The predicted molar refractivity (Wildman–Crippen MR) is 64.0 cm³/mol. The number of nitrogens with zero attached hydrogens (tertiary/aromatic N) is 2. The van der Waals surface area contributed by atoms with E-state index in [9.17, 15) is 9.59 Å². The molecule has 0 saturated carbocycles. The van der Waals surface area contributed by atoms with Crippen molar-refractivity contribution in [3.8, 4) is 0 Å². The molecule has 0 bridgehead atoms. The van der Waals surface area contributed by atoms with E-state index in [0.29, 0.717) is 19.6 Å². The molecule has 0 radical (unpaired) electrons. The van der Waals surface area contributed by atoms with Crippen molar-refractivity contribution < 1.29 is 9.59 Å². The largest absolute Gasteiger partial charge is 0.344 e. The minimum absolute atomic E-state index is 0.342. The van der Waals surface area contributed by atoms with E-state index in [1.807, 2.05) is 13.8 Å². The van der Waals surface area contributed by atoms with Crippen LogP contribution in [0.25, 0.3) is 0 Å². The summed E-state index contributed by atoms with van der Waals surface area (Å²) in [6, 6.07) is 3.59. The van der Waals surface area contributed by atoms with Gasteiger partial charge in [-0.15, -0.1) is 0 Å². The maximum Gasteiger partial charge on any atom is 0.311 e. The van der Waals surface area contributed by atoms with Crippen molar-refractivity contribution in [3.63, 3.8) is 0 Å². The first-order valence-corrected chi connectivity index (χ1v) is 5.65. The highest BCUT2D eigenvalue weighted by molar-refractivity contribution is 6.34. The second-order valence-corrected chi connectivity index (χ2v) is 3.52. The van der Waals surface area contributed by atoms with Crippen molar-refractivity contribution in [2.75, 3.05) is 13.1 Å². The second-order valence-electron chi connectivity index (χ2n) is 3.52. The molecule has 1 aromatic heterocycles. The number of carbonyl (C=O) groups is 2. The fraction of sp³-hybridized carbons (Fsp3) is 0.417. The quantitative estimate of drug-likeness (QED) is 0.776. The maximum absolute atomic E-state index is 11.6. The van der Waals surface area contributed by atoms with E-state index in [1.54, 1.807) is 24.5 Å². The first-order valence-electron chi connectivity index (χ1n) is 5.65. The number of likely N-dealkylation sites (N-methyl/N-ethyl adjacent to an activating group) is 1. The number of hydrogen-bond donors (Lipinski definition) is 1. The first-order chi connectivity index (χ1) is 8.19. The van der Waals surface area contributed by atoms with Crippen LogP contribution in [0.4, 0.5) is 0 Å². The molecule has 0 fully saturated rings. The lowest BCUT2D eigenvalue weighted by Gasteiger charge is -2.17. The van der Waals surface area contributed by atoms with Gasteiger partial charge in [0.25, 0.3) is 0 Å². The molecule has 0 unspecified atom stereocenters. The number of hydrogen-bond acceptors (Lipinski definition) is 3. The standard InChI is InChI=1S/C12H17N3O2/c1-3-15(4-2)12(17)11(16)14-9-10-5-7-13-8-6-10/h5-8H,3-4,9H2,1-2H3,(H,14,16). The monoisotopic (exact) mass is 235 g/mol. The van der Waals surface area contributed by atoms with Gasteiger partial charge >= 0.3 is 11.8 Å². The molecule has 1 aromatic rings. The number of pyridine rings is 1. The highest BCUT2D eigenvalue weighted by atomic mass is 16.2. The average Bonchev–Trinajstić information content (AvgIpc) is 2.38. The van der Waals surface area contributed by atoms with Crippen molar-refractivity contribution >= 4 is 11.8 Å². The van der Waals surface area contributed by atoms with Gasteiger partial charge in [-0.25, -0.2) is 0 Å². The predicted octanol–water partition coefficient (Wildman–Crippen LogP) is 0.566. The SMILES string of the molecule is CCN(CC)C(=O)C(=O)NCc1ccncc1. The van der Waals surface area contributed by atoms with Crippen LogP contribution in [0.3, 0.4) is 0 Å². The van der Waals surface area contributed by atoms with Gasteiger partial charge in [0.2, 0.25) is 0 Å². The van der Waals surface area contributed by atoms with Crippen LogP contribution in [-0.2, 0) is 16.1 Å². The van der Waals surface area contributed by atoms with Gasteiger partial charge in [-0.05, 0) is 31.5 Å². The molecule has 0 saturated heterocycles. The molecular formula is C12H17N3O2. The van der Waals surface area contributed by atoms with Crippen molar-refractivity contribution in [1.82, 2.24) is 15.2 Å². The van der Waals surface area contributed by atoms with E-state index in [1.165, 1.54) is 4.90 Å². The summed E-state index contributed by atoms with van der Waals surface area (Å²) < 4.78 is 0. The van der Waals surface area contributed by atoms with E-state index in [-0.39, 0.29) is 0 Å². The van der Waals surface area contributed by atoms with Crippen LogP contribution in [0, 0.1) is 0 Å². The van der Waals surface area contributed by atoms with Crippen LogP contribution >= 0.6 is 0 Å². The minimum Gasteiger partial charge on any atom is -0.344 e. The van der Waals surface area contributed by atoms with Gasteiger partial charge in [0.15, 0.2) is 0 Å². The summed E-state index contributed by atoms with van der Waals surface area (Å²) in [5.41, 5.74) is 0.917. The Balaban J connectivity index is 2.47. The Morgan fingerprint density at radius 1 is 1.24 bits per heavy atom. The molecule has 0 aliphatic carbocycles. The molecule has 92 valence electrons. The third-order valence-corrected chi connectivity index (χ3v) is 2.45. The fourth-order valence-electron chi connectivity index (χ4n) is 1.41. The zero-order chi connectivity index (χ0) is 12.7. The van der Waals surface area contributed by atoms with E-state index in [2.05, 4.69) is 10.3 Å². The average molecular weight is 235 g/mol. The van der Waals surface area contributed by atoms with Gasteiger partial charge in [0.05, 0.1) is 0 Å². The molecule has 1 heterocycles. The number of nitrogens with one attached hydrogen (secondary N) is 1. The topological polar surface area (TPSA) is 62.3 Å². The Hall–Kier alpha value is -1.91. The van der Waals surface area contributed by atoms with E-state index in [0.717, 1.165) is 5.56 Å². The lowest BCUT2D eigenvalue weighted by molar-refractivity contribution is -0.145. The van der Waals surface area contributed by atoms with Gasteiger partial charge in [-0.2, -0.15) is 0 Å². The molecule has 17 heavy (non-hydrogen) atoms. The van der Waals surface area contributed by atoms with Crippen LogP contribution in [0.2, 0.25) is 0 Å². The molecule has 0 aromatic carbocycles. The Morgan fingerprint density at radius 2 is 1.82 bits per heavy atom. The van der Waals surface area contributed by atoms with Gasteiger partial charge in [-0.1, -0.05) is 0 Å². The second kappa shape index (κ2) is 6.62. The molecule has 2 amide bonds. The number of amides is 2. The molecular weight excluding hydrogens is 218 g/mol. The zero-order valence-corrected chi connectivity index (χ0v) is 10.1. The van der Waals surface area contributed by atoms with E-state index >= 15 is 0 Å². The summed E-state index contributed by atoms with van der Waals surface area (Å²) in [6.45, 7) is 5.11. The maximum atomic E-state index is 11.6. The van der Waals surface area contributed by atoms with Crippen LogP contribution < -0.4 is 5.32 Å². The molecule has 5 heteroatoms. The first kappa shape index (κ1) is 13.2. The van der Waals surface area contributed by atoms with Crippen LogP contribution in [0.1, 0.15) is 19.4 Å². The summed E-state index contributed by atoms with van der Waals surface area (Å²) >= 11 is 0. The van der Waals surface area contributed by atoms with Crippen molar-refractivity contribution in [2.45, 2.75) is 20.4 Å². The molecule has 1 N–H and O–H groups in total.